The van der Waals surface area contributed by atoms with Gasteiger partial charge in [-0.1, -0.05) is 12.8 Å². The largest absolute Gasteiger partial charge is 0.363 e. The fraction of sp³-hybridized carbons (Fsp3) is 0.500. The minimum Gasteiger partial charge on any atom is -0.363 e. The zero-order valence-electron chi connectivity index (χ0n) is 9.24. The highest BCUT2D eigenvalue weighted by Crippen LogP contribution is 2.31. The quantitative estimate of drug-likeness (QED) is 0.805. The van der Waals surface area contributed by atoms with E-state index in [1.165, 1.54) is 12.8 Å². The van der Waals surface area contributed by atoms with Crippen LogP contribution in [0.4, 0.5) is 5.82 Å². The van der Waals surface area contributed by atoms with Gasteiger partial charge in [0.25, 0.3) is 0 Å². The zero-order valence-corrected chi connectivity index (χ0v) is 9.24. The smallest absolute Gasteiger partial charge is 0.126 e. The highest BCUT2D eigenvalue weighted by Gasteiger charge is 2.32. The predicted molar refractivity (Wildman–Crippen MR) is 62.8 cm³/mol. The summed E-state index contributed by atoms with van der Waals surface area (Å²) < 4.78 is 0. The molecule has 16 heavy (non-hydrogen) atoms. The average molecular weight is 216 g/mol. The fourth-order valence-corrected chi connectivity index (χ4v) is 2.24. The number of hydrogen-bond acceptors (Lipinski definition) is 4. The van der Waals surface area contributed by atoms with Crippen LogP contribution in [0.15, 0.2) is 18.3 Å². The minimum absolute atomic E-state index is 0.0150. The van der Waals surface area contributed by atoms with Crippen LogP contribution in [-0.2, 0) is 0 Å². The molecule has 0 saturated heterocycles. The van der Waals surface area contributed by atoms with E-state index >= 15 is 0 Å². The molecule has 3 N–H and O–H groups in total. The van der Waals surface area contributed by atoms with Crippen LogP contribution in [0.1, 0.15) is 31.2 Å². The Kier molecular flexibility index (Phi) is 3.07. The first-order valence-corrected chi connectivity index (χ1v) is 5.62. The van der Waals surface area contributed by atoms with Crippen molar-refractivity contribution in [2.45, 2.75) is 31.2 Å². The van der Waals surface area contributed by atoms with E-state index in [1.807, 2.05) is 6.07 Å². The molecule has 0 spiro atoms. The Morgan fingerprint density at radius 1 is 1.44 bits per heavy atom. The molecule has 1 saturated carbocycles. The summed E-state index contributed by atoms with van der Waals surface area (Å²) in [6.45, 7) is 0.634. The molecule has 84 valence electrons. The van der Waals surface area contributed by atoms with Crippen LogP contribution < -0.4 is 11.1 Å². The number of hydrogen-bond donors (Lipinski definition) is 2. The third kappa shape index (κ3) is 2.15. The Morgan fingerprint density at radius 2 is 2.19 bits per heavy atom. The van der Waals surface area contributed by atoms with Gasteiger partial charge in [-0.2, -0.15) is 5.26 Å². The van der Waals surface area contributed by atoms with Crippen molar-refractivity contribution in [1.29, 1.82) is 5.26 Å². The number of nitrogens with two attached hydrogens (primary N) is 1. The molecular formula is C12H16N4. The second-order valence-corrected chi connectivity index (χ2v) is 4.36. The maximum absolute atomic E-state index is 8.68. The third-order valence-corrected chi connectivity index (χ3v) is 3.24. The number of pyridine rings is 1. The SMILES string of the molecule is N#Cc1ccc(NC2(CN)CCCC2)nc1. The van der Waals surface area contributed by atoms with Crippen molar-refractivity contribution in [1.82, 2.24) is 4.98 Å². The summed E-state index contributed by atoms with van der Waals surface area (Å²) in [4.78, 5) is 4.22. The van der Waals surface area contributed by atoms with E-state index in [0.29, 0.717) is 12.1 Å². The molecule has 0 amide bonds. The maximum Gasteiger partial charge on any atom is 0.126 e. The van der Waals surface area contributed by atoms with Gasteiger partial charge in [-0.15, -0.1) is 0 Å². The summed E-state index contributed by atoms with van der Waals surface area (Å²) in [5.74, 6) is 0.811. The van der Waals surface area contributed by atoms with Gasteiger partial charge in [0.15, 0.2) is 0 Å². The highest BCUT2D eigenvalue weighted by atomic mass is 15.1. The van der Waals surface area contributed by atoms with Gasteiger partial charge in [-0.3, -0.25) is 0 Å². The normalized spacial score (nSPS) is 18.0. The van der Waals surface area contributed by atoms with Crippen LogP contribution in [0, 0.1) is 11.3 Å². The Labute approximate surface area is 95.5 Å². The molecule has 0 atom stereocenters. The molecule has 1 aromatic rings. The highest BCUT2D eigenvalue weighted by molar-refractivity contribution is 5.41. The van der Waals surface area contributed by atoms with Crippen molar-refractivity contribution in [3.05, 3.63) is 23.9 Å². The number of nitrogens with one attached hydrogen (secondary N) is 1. The second kappa shape index (κ2) is 4.50. The van der Waals surface area contributed by atoms with Crippen LogP contribution in [0.2, 0.25) is 0 Å². The molecule has 1 fully saturated rings. The van der Waals surface area contributed by atoms with Gasteiger partial charge < -0.3 is 11.1 Å². The van der Waals surface area contributed by atoms with Gasteiger partial charge in [0, 0.05) is 12.7 Å². The van der Waals surface area contributed by atoms with Crippen LogP contribution in [0.25, 0.3) is 0 Å². The van der Waals surface area contributed by atoms with Crippen molar-refractivity contribution in [2.24, 2.45) is 5.73 Å². The molecule has 0 unspecified atom stereocenters. The lowest BCUT2D eigenvalue weighted by Crippen LogP contribution is -2.43. The average Bonchev–Trinajstić information content (AvgIpc) is 2.79. The van der Waals surface area contributed by atoms with Crippen molar-refractivity contribution < 1.29 is 0 Å². The topological polar surface area (TPSA) is 74.7 Å². The third-order valence-electron chi connectivity index (χ3n) is 3.24. The Balaban J connectivity index is 2.10. The summed E-state index contributed by atoms with van der Waals surface area (Å²) >= 11 is 0. The number of aromatic nitrogens is 1. The van der Waals surface area contributed by atoms with Crippen molar-refractivity contribution >= 4 is 5.82 Å². The van der Waals surface area contributed by atoms with E-state index in [4.69, 9.17) is 11.0 Å². The monoisotopic (exact) mass is 216 g/mol. The van der Waals surface area contributed by atoms with E-state index in [1.54, 1.807) is 12.3 Å². The number of nitrogens with zero attached hydrogens (tertiary/aromatic N) is 2. The summed E-state index contributed by atoms with van der Waals surface area (Å²) in [6.07, 6.45) is 6.23. The lowest BCUT2D eigenvalue weighted by atomic mass is 9.98. The molecule has 4 nitrogen and oxygen atoms in total. The van der Waals surface area contributed by atoms with Crippen molar-refractivity contribution in [3.63, 3.8) is 0 Å². The summed E-state index contributed by atoms with van der Waals surface area (Å²) in [5.41, 5.74) is 6.43. The van der Waals surface area contributed by atoms with Crippen molar-refractivity contribution in [2.75, 3.05) is 11.9 Å². The Bertz CT molecular complexity index is 384. The molecular weight excluding hydrogens is 200 g/mol. The summed E-state index contributed by atoms with van der Waals surface area (Å²) in [5, 5.41) is 12.1. The molecule has 0 radical (unpaired) electrons. The van der Waals surface area contributed by atoms with Gasteiger partial charge in [0.1, 0.15) is 11.9 Å². The minimum atomic E-state index is 0.0150. The van der Waals surface area contributed by atoms with E-state index in [0.717, 1.165) is 18.7 Å². The molecule has 1 heterocycles. The number of rotatable bonds is 3. The Hall–Kier alpha value is -1.60. The van der Waals surface area contributed by atoms with E-state index in [9.17, 15) is 0 Å². The fourth-order valence-electron chi connectivity index (χ4n) is 2.24. The number of anilines is 1. The van der Waals surface area contributed by atoms with Gasteiger partial charge in [0.05, 0.1) is 11.1 Å². The van der Waals surface area contributed by atoms with Gasteiger partial charge in [-0.25, -0.2) is 4.98 Å². The first-order valence-electron chi connectivity index (χ1n) is 5.62. The van der Waals surface area contributed by atoms with Gasteiger partial charge in [0.2, 0.25) is 0 Å². The molecule has 0 aromatic carbocycles. The molecule has 1 aliphatic carbocycles. The van der Waals surface area contributed by atoms with Crippen LogP contribution in [0.3, 0.4) is 0 Å². The lowest BCUT2D eigenvalue weighted by Gasteiger charge is -2.29. The lowest BCUT2D eigenvalue weighted by molar-refractivity contribution is 0.491. The zero-order chi connectivity index (χ0) is 11.4. The first-order chi connectivity index (χ1) is 7.78. The molecule has 1 aromatic heterocycles. The van der Waals surface area contributed by atoms with Gasteiger partial charge in [-0.05, 0) is 25.0 Å². The van der Waals surface area contributed by atoms with Gasteiger partial charge >= 0.3 is 0 Å². The maximum atomic E-state index is 8.68. The second-order valence-electron chi connectivity index (χ2n) is 4.36. The Morgan fingerprint density at radius 3 is 2.69 bits per heavy atom. The molecule has 0 aliphatic heterocycles. The van der Waals surface area contributed by atoms with Crippen LogP contribution in [-0.4, -0.2) is 17.1 Å². The summed E-state index contributed by atoms with van der Waals surface area (Å²) in [7, 11) is 0. The van der Waals surface area contributed by atoms with Crippen molar-refractivity contribution in [3.8, 4) is 6.07 Å². The molecule has 1 aliphatic rings. The standard InChI is InChI=1S/C12H16N4/c13-7-10-3-4-11(15-8-10)16-12(9-14)5-1-2-6-12/h3-4,8H,1-2,5-6,9,14H2,(H,15,16). The van der Waals surface area contributed by atoms with E-state index in [-0.39, 0.29) is 5.54 Å². The van der Waals surface area contributed by atoms with Crippen LogP contribution in [0.5, 0.6) is 0 Å². The molecule has 2 rings (SSSR count). The van der Waals surface area contributed by atoms with Crippen LogP contribution >= 0.6 is 0 Å². The van der Waals surface area contributed by atoms with E-state index in [2.05, 4.69) is 16.4 Å². The summed E-state index contributed by atoms with van der Waals surface area (Å²) in [6, 6.07) is 5.67. The van der Waals surface area contributed by atoms with E-state index < -0.39 is 0 Å². The first kappa shape index (κ1) is 10.9. The molecule has 0 bridgehead atoms. The molecule has 4 heteroatoms. The predicted octanol–water partition coefficient (Wildman–Crippen LogP) is 1.64. The number of nitriles is 1.